The van der Waals surface area contributed by atoms with E-state index in [1.165, 1.54) is 0 Å². The molecule has 0 unspecified atom stereocenters. The van der Waals surface area contributed by atoms with Crippen molar-refractivity contribution in [2.45, 2.75) is 20.8 Å². The van der Waals surface area contributed by atoms with Gasteiger partial charge in [-0.25, -0.2) is 4.79 Å². The fraction of sp³-hybridized carbons (Fsp3) is 0.357. The van der Waals surface area contributed by atoms with E-state index in [-0.39, 0.29) is 6.61 Å². The maximum Gasteiger partial charge on any atom is 0.336 e. The van der Waals surface area contributed by atoms with Gasteiger partial charge in [-0.15, -0.1) is 0 Å². The van der Waals surface area contributed by atoms with Crippen LogP contribution in [0, 0.1) is 13.8 Å². The summed E-state index contributed by atoms with van der Waals surface area (Å²) in [5.41, 5.74) is 2.58. The summed E-state index contributed by atoms with van der Waals surface area (Å²) in [6.07, 6.45) is 0. The summed E-state index contributed by atoms with van der Waals surface area (Å²) < 4.78 is 10.3. The number of hydrogen-bond donors (Lipinski definition) is 0. The average molecular weight is 234 g/mol. The number of esters is 1. The zero-order chi connectivity index (χ0) is 12.8. The van der Waals surface area contributed by atoms with Gasteiger partial charge in [0.15, 0.2) is 0 Å². The van der Waals surface area contributed by atoms with E-state index < -0.39 is 5.97 Å². The van der Waals surface area contributed by atoms with E-state index in [1.54, 1.807) is 6.92 Å². The highest BCUT2D eigenvalue weighted by molar-refractivity contribution is 5.88. The first-order valence-electron chi connectivity index (χ1n) is 5.59. The Morgan fingerprint density at radius 2 is 1.82 bits per heavy atom. The third-order valence-electron chi connectivity index (χ3n) is 2.17. The Hall–Kier alpha value is -1.77. The molecule has 0 radical (unpaired) electrons. The summed E-state index contributed by atoms with van der Waals surface area (Å²) in [7, 11) is 0. The van der Waals surface area contributed by atoms with Crippen molar-refractivity contribution in [2.24, 2.45) is 0 Å². The van der Waals surface area contributed by atoms with Crippen molar-refractivity contribution in [2.75, 3.05) is 13.2 Å². The lowest BCUT2D eigenvalue weighted by Gasteiger charge is -2.09. The Bertz CT molecular complexity index is 401. The van der Waals surface area contributed by atoms with Crippen LogP contribution in [0.15, 0.2) is 30.4 Å². The summed E-state index contributed by atoms with van der Waals surface area (Å²) in [5.74, 6) is 0.338. The standard InChI is InChI=1S/C14H18O3/c1-5-16-14(15)12(4)9-17-13-7-10(2)6-11(3)8-13/h6-8H,4-5,9H2,1-3H3. The van der Waals surface area contributed by atoms with Crippen LogP contribution in [0.5, 0.6) is 5.75 Å². The van der Waals surface area contributed by atoms with Gasteiger partial charge in [0.1, 0.15) is 12.4 Å². The van der Waals surface area contributed by atoms with Crippen LogP contribution in [0.3, 0.4) is 0 Å². The van der Waals surface area contributed by atoms with Crippen LogP contribution in [-0.4, -0.2) is 19.2 Å². The summed E-state index contributed by atoms with van der Waals surface area (Å²) in [4.78, 5) is 11.3. The molecule has 1 rings (SSSR count). The Morgan fingerprint density at radius 3 is 2.35 bits per heavy atom. The molecular formula is C14H18O3. The van der Waals surface area contributed by atoms with E-state index in [2.05, 4.69) is 12.6 Å². The van der Waals surface area contributed by atoms with Crippen LogP contribution in [0.2, 0.25) is 0 Å². The second-order valence-corrected chi connectivity index (χ2v) is 3.94. The number of ether oxygens (including phenoxy) is 2. The minimum absolute atomic E-state index is 0.154. The smallest absolute Gasteiger partial charge is 0.336 e. The fourth-order valence-electron chi connectivity index (χ4n) is 1.48. The van der Waals surface area contributed by atoms with Crippen molar-refractivity contribution in [1.82, 2.24) is 0 Å². The first-order chi connectivity index (χ1) is 8.02. The Labute approximate surface area is 102 Å². The highest BCUT2D eigenvalue weighted by Gasteiger charge is 2.08. The van der Waals surface area contributed by atoms with E-state index in [1.807, 2.05) is 26.0 Å². The summed E-state index contributed by atoms with van der Waals surface area (Å²) in [6.45, 7) is 9.90. The van der Waals surface area contributed by atoms with Gasteiger partial charge < -0.3 is 9.47 Å². The number of carbonyl (C=O) groups excluding carboxylic acids is 1. The molecule has 0 saturated heterocycles. The van der Waals surface area contributed by atoms with Crippen LogP contribution in [-0.2, 0) is 9.53 Å². The van der Waals surface area contributed by atoms with Gasteiger partial charge in [-0.05, 0) is 44.0 Å². The minimum atomic E-state index is -0.406. The van der Waals surface area contributed by atoms with Crippen LogP contribution in [0.1, 0.15) is 18.1 Å². The first-order valence-corrected chi connectivity index (χ1v) is 5.59. The highest BCUT2D eigenvalue weighted by Crippen LogP contribution is 2.16. The van der Waals surface area contributed by atoms with Gasteiger partial charge in [0.25, 0.3) is 0 Å². The second kappa shape index (κ2) is 6.09. The van der Waals surface area contributed by atoms with Crippen LogP contribution < -0.4 is 4.74 Å². The molecule has 1 aromatic carbocycles. The van der Waals surface area contributed by atoms with E-state index in [9.17, 15) is 4.79 Å². The molecule has 3 heteroatoms. The van der Waals surface area contributed by atoms with Crippen molar-refractivity contribution in [1.29, 1.82) is 0 Å². The normalized spacial score (nSPS) is 9.82. The molecule has 3 nitrogen and oxygen atoms in total. The lowest BCUT2D eigenvalue weighted by molar-refractivity contribution is -0.138. The fourth-order valence-corrected chi connectivity index (χ4v) is 1.48. The van der Waals surface area contributed by atoms with Crippen molar-refractivity contribution < 1.29 is 14.3 Å². The Morgan fingerprint density at radius 1 is 1.24 bits per heavy atom. The van der Waals surface area contributed by atoms with Gasteiger partial charge in [0.05, 0.1) is 12.2 Å². The van der Waals surface area contributed by atoms with Crippen molar-refractivity contribution in [3.05, 3.63) is 41.5 Å². The highest BCUT2D eigenvalue weighted by atomic mass is 16.5. The Kier molecular flexibility index (Phi) is 4.76. The van der Waals surface area contributed by atoms with Gasteiger partial charge in [0.2, 0.25) is 0 Å². The molecule has 0 saturated carbocycles. The monoisotopic (exact) mass is 234 g/mol. The third kappa shape index (κ3) is 4.31. The molecule has 0 aromatic heterocycles. The van der Waals surface area contributed by atoms with Gasteiger partial charge in [0, 0.05) is 0 Å². The predicted molar refractivity (Wildman–Crippen MR) is 67.2 cm³/mol. The SMILES string of the molecule is C=C(COc1cc(C)cc(C)c1)C(=O)OCC. The molecule has 17 heavy (non-hydrogen) atoms. The molecule has 0 aliphatic heterocycles. The van der Waals surface area contributed by atoms with Gasteiger partial charge in [-0.2, -0.15) is 0 Å². The average Bonchev–Trinajstić information content (AvgIpc) is 2.25. The van der Waals surface area contributed by atoms with E-state index in [0.717, 1.165) is 16.9 Å². The molecule has 0 atom stereocenters. The molecule has 0 aliphatic carbocycles. The summed E-state index contributed by atoms with van der Waals surface area (Å²) >= 11 is 0. The predicted octanol–water partition coefficient (Wildman–Crippen LogP) is 2.80. The van der Waals surface area contributed by atoms with Gasteiger partial charge in [-0.1, -0.05) is 12.6 Å². The number of hydrogen-bond acceptors (Lipinski definition) is 3. The van der Waals surface area contributed by atoms with Crippen LogP contribution >= 0.6 is 0 Å². The minimum Gasteiger partial charge on any atom is -0.489 e. The number of rotatable bonds is 5. The van der Waals surface area contributed by atoms with Crippen molar-refractivity contribution >= 4 is 5.97 Å². The van der Waals surface area contributed by atoms with Crippen molar-refractivity contribution in [3.63, 3.8) is 0 Å². The molecule has 0 heterocycles. The molecule has 0 amide bonds. The first kappa shape index (κ1) is 13.3. The van der Waals surface area contributed by atoms with Gasteiger partial charge >= 0.3 is 5.97 Å². The quantitative estimate of drug-likeness (QED) is 0.580. The number of carbonyl (C=O) groups is 1. The molecule has 0 N–H and O–H groups in total. The lowest BCUT2D eigenvalue weighted by atomic mass is 10.1. The zero-order valence-electron chi connectivity index (χ0n) is 10.6. The topological polar surface area (TPSA) is 35.5 Å². The largest absolute Gasteiger partial charge is 0.489 e. The maximum atomic E-state index is 11.3. The van der Waals surface area contributed by atoms with Crippen molar-refractivity contribution in [3.8, 4) is 5.75 Å². The molecule has 92 valence electrons. The van der Waals surface area contributed by atoms with Gasteiger partial charge in [-0.3, -0.25) is 0 Å². The summed E-state index contributed by atoms with van der Waals surface area (Å²) in [5, 5.41) is 0. The van der Waals surface area contributed by atoms with E-state index >= 15 is 0 Å². The maximum absolute atomic E-state index is 11.3. The third-order valence-corrected chi connectivity index (χ3v) is 2.17. The second-order valence-electron chi connectivity index (χ2n) is 3.94. The van der Waals surface area contributed by atoms with E-state index in [4.69, 9.17) is 9.47 Å². The molecule has 0 bridgehead atoms. The molecule has 0 spiro atoms. The number of aryl methyl sites for hydroxylation is 2. The molecule has 1 aromatic rings. The zero-order valence-corrected chi connectivity index (χ0v) is 10.6. The molecular weight excluding hydrogens is 216 g/mol. The lowest BCUT2D eigenvalue weighted by Crippen LogP contribution is -2.13. The van der Waals surface area contributed by atoms with Crippen LogP contribution in [0.25, 0.3) is 0 Å². The summed E-state index contributed by atoms with van der Waals surface area (Å²) in [6, 6.07) is 5.91. The van der Waals surface area contributed by atoms with Crippen LogP contribution in [0.4, 0.5) is 0 Å². The van der Waals surface area contributed by atoms with E-state index in [0.29, 0.717) is 12.2 Å². The Balaban J connectivity index is 2.55. The number of benzene rings is 1. The molecule has 0 fully saturated rings. The molecule has 0 aliphatic rings.